The monoisotopic (exact) mass is 441 g/mol. The van der Waals surface area contributed by atoms with Crippen molar-refractivity contribution in [3.63, 3.8) is 0 Å². The number of halogens is 5. The van der Waals surface area contributed by atoms with Gasteiger partial charge in [0.05, 0.1) is 6.61 Å². The molecule has 0 radical (unpaired) electrons. The van der Waals surface area contributed by atoms with Crippen LogP contribution < -0.4 is 0 Å². The summed E-state index contributed by atoms with van der Waals surface area (Å²) in [5, 5.41) is 9.35. The van der Waals surface area contributed by atoms with E-state index in [1.54, 1.807) is 0 Å². The number of carbonyl (C=O) groups is 2. The Balaban J connectivity index is 2.83. The summed E-state index contributed by atoms with van der Waals surface area (Å²) in [6.45, 7) is 6.37. The number of carboxylic acids is 1. The Hall–Kier alpha value is -2.17. The minimum absolute atomic E-state index is 0.139. The molecule has 11 heteroatoms. The molecule has 0 aliphatic rings. The maximum Gasteiger partial charge on any atom is 0.422 e. The highest BCUT2D eigenvalue weighted by atomic mass is 28.3. The van der Waals surface area contributed by atoms with Crippen molar-refractivity contribution < 1.29 is 41.4 Å². The van der Waals surface area contributed by atoms with Gasteiger partial charge in [-0.2, -0.15) is 13.2 Å². The zero-order chi connectivity index (χ0) is 22.6. The third kappa shape index (κ3) is 7.63. The molecule has 1 rings (SSSR count). The summed E-state index contributed by atoms with van der Waals surface area (Å²) >= 11 is 0. The van der Waals surface area contributed by atoms with Crippen LogP contribution in [0.3, 0.4) is 0 Å². The van der Waals surface area contributed by atoms with Crippen LogP contribution in [0.15, 0.2) is 12.1 Å². The Morgan fingerprint density at radius 1 is 1.17 bits per heavy atom. The Morgan fingerprint density at radius 3 is 2.10 bits per heavy atom. The average Bonchev–Trinajstić information content (AvgIpc) is 2.51. The molecule has 0 aromatic heterocycles. The molecule has 1 amide bonds. The number of hydrogen-bond acceptors (Lipinski definition) is 3. The summed E-state index contributed by atoms with van der Waals surface area (Å²) in [5.74, 6) is -4.93. The van der Waals surface area contributed by atoms with Gasteiger partial charge in [0.25, 0.3) is 0 Å². The van der Waals surface area contributed by atoms with Crippen molar-refractivity contribution in [2.75, 3.05) is 13.7 Å². The van der Waals surface area contributed by atoms with Crippen molar-refractivity contribution in [2.24, 2.45) is 0 Å². The average molecular weight is 441 g/mol. The Bertz CT molecular complexity index is 726. The van der Waals surface area contributed by atoms with E-state index >= 15 is 0 Å². The number of carboxylic acid groups (broad SMARTS) is 1. The van der Waals surface area contributed by atoms with Crippen LogP contribution in [0.1, 0.15) is 17.5 Å². The first-order chi connectivity index (χ1) is 13.1. The van der Waals surface area contributed by atoms with Gasteiger partial charge in [0, 0.05) is 15.1 Å². The third-order valence-electron chi connectivity index (χ3n) is 4.21. The van der Waals surface area contributed by atoms with Crippen LogP contribution in [0.2, 0.25) is 25.7 Å². The highest BCUT2D eigenvalue weighted by Gasteiger charge is 2.38. The first-order valence-electron chi connectivity index (χ1n) is 8.81. The minimum atomic E-state index is -5.18. The molecule has 5 nitrogen and oxygen atoms in total. The van der Waals surface area contributed by atoms with Gasteiger partial charge < -0.3 is 9.84 Å². The number of ether oxygens (including phenoxy) is 1. The third-order valence-corrected chi connectivity index (χ3v) is 5.91. The summed E-state index contributed by atoms with van der Waals surface area (Å²) in [4.78, 5) is 24.4. The van der Waals surface area contributed by atoms with Gasteiger partial charge in [-0.3, -0.25) is 4.90 Å². The standard InChI is InChI=1S/C18H24F5NO4Si/c1-24(17(27)28-7-8-29(2,3)4)14(16(25)26)6-5-11-9-12(19)15(13(20)10-11)18(21,22)23/h9-10,14H,5-8H2,1-4H3,(H,25,26). The predicted octanol–water partition coefficient (Wildman–Crippen LogP) is 4.78. The lowest BCUT2D eigenvalue weighted by Crippen LogP contribution is -2.43. The van der Waals surface area contributed by atoms with Crippen molar-refractivity contribution in [3.8, 4) is 0 Å². The fourth-order valence-corrected chi connectivity index (χ4v) is 3.21. The molecule has 164 valence electrons. The summed E-state index contributed by atoms with van der Waals surface area (Å²) < 4.78 is 70.2. The van der Waals surface area contributed by atoms with Gasteiger partial charge in [-0.1, -0.05) is 19.6 Å². The van der Waals surface area contributed by atoms with Gasteiger partial charge in [-0.05, 0) is 36.6 Å². The first-order valence-corrected chi connectivity index (χ1v) is 12.5. The van der Waals surface area contributed by atoms with Gasteiger partial charge in [0.2, 0.25) is 0 Å². The molecule has 0 aliphatic carbocycles. The van der Waals surface area contributed by atoms with Crippen molar-refractivity contribution >= 4 is 20.1 Å². The summed E-state index contributed by atoms with van der Waals surface area (Å²) in [7, 11) is -0.247. The van der Waals surface area contributed by atoms with Gasteiger partial charge in [0.15, 0.2) is 0 Å². The van der Waals surface area contributed by atoms with E-state index in [0.717, 1.165) is 4.90 Å². The lowest BCUT2D eigenvalue weighted by atomic mass is 10.0. The molecule has 0 saturated heterocycles. The number of nitrogens with zero attached hydrogens (tertiary/aromatic N) is 1. The van der Waals surface area contributed by atoms with E-state index in [9.17, 15) is 36.6 Å². The van der Waals surface area contributed by atoms with E-state index in [1.807, 2.05) is 0 Å². The Kier molecular flexibility index (Phi) is 8.19. The van der Waals surface area contributed by atoms with Crippen LogP contribution in [-0.2, 0) is 22.1 Å². The number of hydrogen-bond donors (Lipinski definition) is 1. The second kappa shape index (κ2) is 9.55. The molecule has 0 saturated carbocycles. The molecule has 29 heavy (non-hydrogen) atoms. The van der Waals surface area contributed by atoms with Crippen molar-refractivity contribution in [1.82, 2.24) is 4.90 Å². The number of likely N-dealkylation sites (N-methyl/N-ethyl adjacent to an activating group) is 1. The number of benzene rings is 1. The van der Waals surface area contributed by atoms with Crippen molar-refractivity contribution in [3.05, 3.63) is 34.9 Å². The molecule has 0 bridgehead atoms. The van der Waals surface area contributed by atoms with Crippen LogP contribution in [0.5, 0.6) is 0 Å². The largest absolute Gasteiger partial charge is 0.480 e. The highest BCUT2D eigenvalue weighted by Crippen LogP contribution is 2.34. The topological polar surface area (TPSA) is 66.8 Å². The van der Waals surface area contributed by atoms with E-state index in [1.165, 1.54) is 7.05 Å². The van der Waals surface area contributed by atoms with Gasteiger partial charge >= 0.3 is 18.2 Å². The van der Waals surface area contributed by atoms with Crippen LogP contribution in [-0.4, -0.2) is 49.8 Å². The predicted molar refractivity (Wildman–Crippen MR) is 98.4 cm³/mol. The second-order valence-electron chi connectivity index (χ2n) is 7.86. The Labute approximate surface area is 166 Å². The summed E-state index contributed by atoms with van der Waals surface area (Å²) in [6.07, 6.45) is -6.56. The van der Waals surface area contributed by atoms with Crippen LogP contribution >= 0.6 is 0 Å². The molecule has 1 unspecified atom stereocenters. The number of alkyl halides is 3. The number of aryl methyl sites for hydroxylation is 1. The smallest absolute Gasteiger partial charge is 0.422 e. The van der Waals surface area contributed by atoms with Gasteiger partial charge in [-0.25, -0.2) is 18.4 Å². The van der Waals surface area contributed by atoms with Crippen molar-refractivity contribution in [2.45, 2.75) is 50.7 Å². The van der Waals surface area contributed by atoms with Crippen LogP contribution in [0.25, 0.3) is 0 Å². The lowest BCUT2D eigenvalue weighted by molar-refractivity contribution is -0.143. The molecule has 0 spiro atoms. The quantitative estimate of drug-likeness (QED) is 0.466. The van der Waals surface area contributed by atoms with Gasteiger partial charge in [0.1, 0.15) is 23.2 Å². The van der Waals surface area contributed by atoms with E-state index in [2.05, 4.69) is 19.6 Å². The molecule has 1 aromatic carbocycles. The Morgan fingerprint density at radius 2 is 1.69 bits per heavy atom. The molecule has 1 atom stereocenters. The van der Waals surface area contributed by atoms with Crippen molar-refractivity contribution in [1.29, 1.82) is 0 Å². The molecule has 0 aliphatic heterocycles. The molecule has 1 aromatic rings. The maximum absolute atomic E-state index is 13.7. The second-order valence-corrected chi connectivity index (χ2v) is 13.5. The fraction of sp³-hybridized carbons (Fsp3) is 0.556. The van der Waals surface area contributed by atoms with E-state index in [-0.39, 0.29) is 25.0 Å². The molecule has 0 heterocycles. The minimum Gasteiger partial charge on any atom is -0.480 e. The fourth-order valence-electron chi connectivity index (χ4n) is 2.50. The normalized spacial score (nSPS) is 13.1. The van der Waals surface area contributed by atoms with Crippen LogP contribution in [0.4, 0.5) is 26.7 Å². The highest BCUT2D eigenvalue weighted by molar-refractivity contribution is 6.76. The zero-order valence-corrected chi connectivity index (χ0v) is 17.6. The maximum atomic E-state index is 13.7. The zero-order valence-electron chi connectivity index (χ0n) is 16.6. The summed E-state index contributed by atoms with van der Waals surface area (Å²) in [6, 6.07) is 0.339. The number of carbonyl (C=O) groups excluding carboxylic acids is 1. The molecular formula is C18H24F5NO4Si. The van der Waals surface area contributed by atoms with Crippen LogP contribution in [0, 0.1) is 11.6 Å². The SMILES string of the molecule is CN(C(=O)OCC[Si](C)(C)C)C(CCc1cc(F)c(C(F)(F)F)c(F)c1)C(=O)O. The number of aliphatic carboxylic acids is 1. The lowest BCUT2D eigenvalue weighted by Gasteiger charge is -2.25. The number of rotatable bonds is 8. The van der Waals surface area contributed by atoms with E-state index in [0.29, 0.717) is 18.2 Å². The first kappa shape index (κ1) is 24.9. The summed E-state index contributed by atoms with van der Waals surface area (Å²) in [5.41, 5.74) is -2.15. The molecular weight excluding hydrogens is 417 g/mol. The van der Waals surface area contributed by atoms with Gasteiger partial charge in [-0.15, -0.1) is 0 Å². The van der Waals surface area contributed by atoms with E-state index in [4.69, 9.17) is 4.74 Å². The molecule has 0 fully saturated rings. The van der Waals surface area contributed by atoms with E-state index < -0.39 is 49.6 Å². The number of amides is 1. The molecule has 1 N–H and O–H groups in total.